The second kappa shape index (κ2) is 7.62. The first-order valence-corrected chi connectivity index (χ1v) is 12.3. The quantitative estimate of drug-likeness (QED) is 0.701. The standard InChI is InChI=1S/C28H32N2O2/c1-28-13-24(18-4-2-17(3-5-18)20-14-29-16-30-15-20)27-22-9-7-21(31)12-19(22)6-8-23(27)25(28)10-11-26(28)32/h2-5,12,14-16,22-27,32H,6-11,13H2,1H3/t22-,23-,24+,25-,26-,27+,28-/m0/s1. The maximum atomic E-state index is 12.2. The van der Waals surface area contributed by atoms with Crippen LogP contribution in [0.3, 0.4) is 0 Å². The zero-order chi connectivity index (χ0) is 21.9. The number of hydrogen-bond donors (Lipinski definition) is 1. The molecule has 4 aliphatic carbocycles. The molecule has 7 atom stereocenters. The van der Waals surface area contributed by atoms with Crippen molar-refractivity contribution in [2.45, 2.75) is 63.9 Å². The molecule has 166 valence electrons. The molecule has 0 saturated heterocycles. The van der Waals surface area contributed by atoms with Gasteiger partial charge in [-0.2, -0.15) is 0 Å². The Morgan fingerprint density at radius 2 is 1.72 bits per heavy atom. The van der Waals surface area contributed by atoms with Crippen LogP contribution < -0.4 is 0 Å². The van der Waals surface area contributed by atoms with Gasteiger partial charge in [-0.25, -0.2) is 9.97 Å². The lowest BCUT2D eigenvalue weighted by Crippen LogP contribution is -2.50. The van der Waals surface area contributed by atoms with Crippen molar-refractivity contribution in [3.8, 4) is 11.1 Å². The van der Waals surface area contributed by atoms with Crippen LogP contribution in [0.2, 0.25) is 0 Å². The number of hydrogen-bond acceptors (Lipinski definition) is 4. The summed E-state index contributed by atoms with van der Waals surface area (Å²) >= 11 is 0. The third kappa shape index (κ3) is 3.10. The van der Waals surface area contributed by atoms with Gasteiger partial charge in [0, 0.05) is 24.4 Å². The van der Waals surface area contributed by atoms with Crippen molar-refractivity contribution in [2.24, 2.45) is 29.1 Å². The van der Waals surface area contributed by atoms with Crippen LogP contribution in [0.15, 0.2) is 54.6 Å². The minimum Gasteiger partial charge on any atom is -0.393 e. The van der Waals surface area contributed by atoms with Gasteiger partial charge in [0.05, 0.1) is 6.10 Å². The highest BCUT2D eigenvalue weighted by Gasteiger charge is 2.59. The summed E-state index contributed by atoms with van der Waals surface area (Å²) in [5.74, 6) is 3.11. The summed E-state index contributed by atoms with van der Waals surface area (Å²) in [5.41, 5.74) is 4.97. The van der Waals surface area contributed by atoms with Crippen LogP contribution in [0.5, 0.6) is 0 Å². The van der Waals surface area contributed by atoms with Crippen LogP contribution in [0.25, 0.3) is 11.1 Å². The molecule has 1 aromatic heterocycles. The SMILES string of the molecule is C[C@]12C[C@H](c3ccc(-c4cncnc4)cc3)[C@H]3[C@@H](CCC4=CC(=O)CC[C@@H]43)[C@@H]1CC[C@@H]2O. The fraction of sp³-hybridized carbons (Fsp3) is 0.536. The third-order valence-corrected chi connectivity index (χ3v) is 9.48. The Morgan fingerprint density at radius 3 is 2.50 bits per heavy atom. The molecule has 1 N–H and O–H groups in total. The Bertz CT molecular complexity index is 1050. The Labute approximate surface area is 190 Å². The molecule has 1 aromatic carbocycles. The van der Waals surface area contributed by atoms with Crippen molar-refractivity contribution in [3.63, 3.8) is 0 Å². The van der Waals surface area contributed by atoms with Gasteiger partial charge in [-0.05, 0) is 90.7 Å². The lowest BCUT2D eigenvalue weighted by Gasteiger charge is -2.57. The summed E-state index contributed by atoms with van der Waals surface area (Å²) in [6, 6.07) is 8.99. The molecule has 4 aliphatic rings. The molecule has 4 heteroatoms. The first kappa shape index (κ1) is 20.3. The number of carbonyl (C=O) groups is 1. The van der Waals surface area contributed by atoms with Crippen molar-refractivity contribution in [2.75, 3.05) is 0 Å². The number of ketones is 1. The largest absolute Gasteiger partial charge is 0.393 e. The number of aliphatic hydroxyl groups excluding tert-OH is 1. The summed E-state index contributed by atoms with van der Waals surface area (Å²) < 4.78 is 0. The van der Waals surface area contributed by atoms with E-state index in [1.165, 1.54) is 17.6 Å². The van der Waals surface area contributed by atoms with Crippen LogP contribution in [0.1, 0.15) is 63.4 Å². The molecule has 2 aromatic rings. The van der Waals surface area contributed by atoms with Crippen LogP contribution in [0.4, 0.5) is 0 Å². The molecule has 0 unspecified atom stereocenters. The van der Waals surface area contributed by atoms with E-state index in [9.17, 15) is 9.90 Å². The molecule has 0 amide bonds. The van der Waals surface area contributed by atoms with E-state index in [1.54, 1.807) is 6.33 Å². The van der Waals surface area contributed by atoms with Crippen molar-refractivity contribution < 1.29 is 9.90 Å². The van der Waals surface area contributed by atoms with Gasteiger partial charge >= 0.3 is 0 Å². The van der Waals surface area contributed by atoms with Crippen molar-refractivity contribution in [1.82, 2.24) is 9.97 Å². The molecule has 0 radical (unpaired) electrons. The Hall–Kier alpha value is -2.33. The van der Waals surface area contributed by atoms with E-state index in [4.69, 9.17) is 0 Å². The van der Waals surface area contributed by atoms with Crippen LogP contribution >= 0.6 is 0 Å². The molecule has 0 aliphatic heterocycles. The zero-order valence-electron chi connectivity index (χ0n) is 18.8. The van der Waals surface area contributed by atoms with E-state index in [2.05, 4.69) is 41.2 Å². The summed E-state index contributed by atoms with van der Waals surface area (Å²) in [6.07, 6.45) is 14.2. The summed E-state index contributed by atoms with van der Waals surface area (Å²) in [6.45, 7) is 2.35. The van der Waals surface area contributed by atoms with Crippen molar-refractivity contribution in [1.29, 1.82) is 0 Å². The monoisotopic (exact) mass is 428 g/mol. The lowest BCUT2D eigenvalue weighted by atomic mass is 9.48. The number of allylic oxidation sites excluding steroid dienone is 1. The first-order valence-electron chi connectivity index (χ1n) is 12.3. The first-order chi connectivity index (χ1) is 15.5. The zero-order valence-corrected chi connectivity index (χ0v) is 18.8. The van der Waals surface area contributed by atoms with Crippen LogP contribution in [-0.2, 0) is 4.79 Å². The van der Waals surface area contributed by atoms with Gasteiger partial charge in [0.25, 0.3) is 0 Å². The minimum atomic E-state index is -0.193. The topological polar surface area (TPSA) is 63.1 Å². The molecular formula is C28H32N2O2. The van der Waals surface area contributed by atoms with E-state index in [1.807, 2.05) is 18.5 Å². The predicted octanol–water partition coefficient (Wildman–Crippen LogP) is 5.34. The number of fused-ring (bicyclic) bond motifs is 5. The van der Waals surface area contributed by atoms with Gasteiger partial charge in [0.1, 0.15) is 6.33 Å². The lowest BCUT2D eigenvalue weighted by molar-refractivity contribution is -0.116. The number of carbonyl (C=O) groups excluding carboxylic acids is 1. The highest BCUT2D eigenvalue weighted by atomic mass is 16.3. The predicted molar refractivity (Wildman–Crippen MR) is 124 cm³/mol. The molecule has 3 saturated carbocycles. The fourth-order valence-corrected chi connectivity index (χ4v) is 7.99. The van der Waals surface area contributed by atoms with Crippen molar-refractivity contribution >= 4 is 5.78 Å². The number of benzene rings is 1. The van der Waals surface area contributed by atoms with E-state index in [-0.39, 0.29) is 11.5 Å². The second-order valence-electron chi connectivity index (χ2n) is 10.9. The van der Waals surface area contributed by atoms with Gasteiger partial charge in [0.15, 0.2) is 5.78 Å². The molecule has 4 nitrogen and oxygen atoms in total. The van der Waals surface area contributed by atoms with Gasteiger partial charge in [-0.15, -0.1) is 0 Å². The number of aliphatic hydroxyl groups is 1. The molecule has 32 heavy (non-hydrogen) atoms. The molecular weight excluding hydrogens is 396 g/mol. The van der Waals surface area contributed by atoms with E-state index >= 15 is 0 Å². The molecule has 0 spiro atoms. The maximum absolute atomic E-state index is 12.2. The molecule has 1 heterocycles. The highest BCUT2D eigenvalue weighted by Crippen LogP contribution is 2.65. The summed E-state index contributed by atoms with van der Waals surface area (Å²) in [7, 11) is 0. The van der Waals surface area contributed by atoms with E-state index in [0.29, 0.717) is 41.8 Å². The third-order valence-electron chi connectivity index (χ3n) is 9.48. The Balaban J connectivity index is 1.40. The average Bonchev–Trinajstić information content (AvgIpc) is 3.13. The average molecular weight is 429 g/mol. The minimum absolute atomic E-state index is 0.00345. The summed E-state index contributed by atoms with van der Waals surface area (Å²) in [5, 5.41) is 11.0. The number of rotatable bonds is 2. The number of nitrogens with zero attached hydrogens (tertiary/aromatic N) is 2. The molecule has 3 fully saturated rings. The normalized spacial score (nSPS) is 38.4. The maximum Gasteiger partial charge on any atom is 0.155 e. The summed E-state index contributed by atoms with van der Waals surface area (Å²) in [4.78, 5) is 20.5. The Morgan fingerprint density at radius 1 is 0.938 bits per heavy atom. The van der Waals surface area contributed by atoms with Gasteiger partial charge < -0.3 is 5.11 Å². The van der Waals surface area contributed by atoms with Gasteiger partial charge in [-0.3, -0.25) is 4.79 Å². The van der Waals surface area contributed by atoms with E-state index < -0.39 is 0 Å². The fourth-order valence-electron chi connectivity index (χ4n) is 7.99. The van der Waals surface area contributed by atoms with Crippen molar-refractivity contribution in [3.05, 3.63) is 60.2 Å². The molecule has 6 rings (SSSR count). The smallest absolute Gasteiger partial charge is 0.155 e. The Kier molecular flexibility index (Phi) is 4.83. The van der Waals surface area contributed by atoms with Crippen LogP contribution in [0, 0.1) is 29.1 Å². The van der Waals surface area contributed by atoms with E-state index in [0.717, 1.165) is 43.2 Å². The van der Waals surface area contributed by atoms with Gasteiger partial charge in [0.2, 0.25) is 0 Å². The van der Waals surface area contributed by atoms with Crippen LogP contribution in [-0.4, -0.2) is 27.0 Å². The number of aromatic nitrogens is 2. The second-order valence-corrected chi connectivity index (χ2v) is 10.9. The van der Waals surface area contributed by atoms with Gasteiger partial charge in [-0.1, -0.05) is 36.8 Å². The molecule has 0 bridgehead atoms. The highest BCUT2D eigenvalue weighted by molar-refractivity contribution is 5.91.